The lowest BCUT2D eigenvalue weighted by atomic mass is 10.1. The molecule has 0 radical (unpaired) electrons. The van der Waals surface area contributed by atoms with Crippen molar-refractivity contribution >= 4 is 23.0 Å². The summed E-state index contributed by atoms with van der Waals surface area (Å²) < 4.78 is 34.1. The number of aromatic nitrogens is 1. The maximum atomic E-state index is 13.4. The zero-order valence-corrected chi connectivity index (χ0v) is 18.4. The SMILES string of the molecule is N=C(NCCCn1c(-c2ccc(F)cc2)cs/c1=N\c1ccc(F)cc1)N1CCOCC1. The van der Waals surface area contributed by atoms with Crippen LogP contribution in [0, 0.1) is 17.0 Å². The van der Waals surface area contributed by atoms with Crippen LogP contribution in [-0.4, -0.2) is 48.3 Å². The van der Waals surface area contributed by atoms with Crippen LogP contribution in [-0.2, 0) is 11.3 Å². The number of nitrogens with zero attached hydrogens (tertiary/aromatic N) is 3. The second-order valence-electron chi connectivity index (χ2n) is 7.38. The van der Waals surface area contributed by atoms with Crippen molar-refractivity contribution in [2.45, 2.75) is 13.0 Å². The third kappa shape index (κ3) is 5.60. The molecule has 2 N–H and O–H groups in total. The molecular formula is C23H25F2N5OS. The fourth-order valence-corrected chi connectivity index (χ4v) is 4.41. The predicted octanol–water partition coefficient (Wildman–Crippen LogP) is 3.97. The minimum atomic E-state index is -0.302. The molecule has 1 aromatic heterocycles. The Morgan fingerprint density at radius 2 is 1.69 bits per heavy atom. The van der Waals surface area contributed by atoms with Gasteiger partial charge in [-0.1, -0.05) is 0 Å². The van der Waals surface area contributed by atoms with Gasteiger partial charge in [0.05, 0.1) is 24.6 Å². The molecule has 0 unspecified atom stereocenters. The van der Waals surface area contributed by atoms with Crippen molar-refractivity contribution in [3.8, 4) is 11.3 Å². The van der Waals surface area contributed by atoms with Gasteiger partial charge in [-0.3, -0.25) is 5.41 Å². The van der Waals surface area contributed by atoms with Gasteiger partial charge in [0.1, 0.15) is 11.6 Å². The van der Waals surface area contributed by atoms with Gasteiger partial charge in [-0.25, -0.2) is 13.8 Å². The molecule has 2 heterocycles. The molecule has 1 saturated heterocycles. The molecule has 4 rings (SSSR count). The summed E-state index contributed by atoms with van der Waals surface area (Å²) >= 11 is 1.49. The summed E-state index contributed by atoms with van der Waals surface area (Å²) in [5, 5.41) is 13.4. The average molecular weight is 458 g/mol. The highest BCUT2D eigenvalue weighted by Gasteiger charge is 2.13. The van der Waals surface area contributed by atoms with E-state index in [2.05, 4.69) is 14.9 Å². The molecule has 3 aromatic rings. The van der Waals surface area contributed by atoms with Gasteiger partial charge in [-0.2, -0.15) is 0 Å². The molecule has 1 aliphatic heterocycles. The maximum absolute atomic E-state index is 13.4. The maximum Gasteiger partial charge on any atom is 0.191 e. The Labute approximate surface area is 189 Å². The Morgan fingerprint density at radius 3 is 2.38 bits per heavy atom. The Balaban J connectivity index is 1.51. The summed E-state index contributed by atoms with van der Waals surface area (Å²) in [6, 6.07) is 12.4. The largest absolute Gasteiger partial charge is 0.378 e. The number of benzene rings is 2. The van der Waals surface area contributed by atoms with Crippen LogP contribution in [0.1, 0.15) is 6.42 Å². The van der Waals surface area contributed by atoms with Crippen LogP contribution in [0.5, 0.6) is 0 Å². The quantitative estimate of drug-likeness (QED) is 0.334. The number of halogens is 2. The molecular weight excluding hydrogens is 432 g/mol. The molecule has 9 heteroatoms. The first-order valence-electron chi connectivity index (χ1n) is 10.5. The first-order valence-corrected chi connectivity index (χ1v) is 11.4. The van der Waals surface area contributed by atoms with E-state index in [0.29, 0.717) is 38.0 Å². The first kappa shape index (κ1) is 22.2. The molecule has 0 spiro atoms. The van der Waals surface area contributed by atoms with Crippen LogP contribution in [0.4, 0.5) is 14.5 Å². The second kappa shape index (κ2) is 10.5. The third-order valence-electron chi connectivity index (χ3n) is 5.17. The van der Waals surface area contributed by atoms with Gasteiger partial charge in [-0.15, -0.1) is 11.3 Å². The van der Waals surface area contributed by atoms with E-state index in [0.717, 1.165) is 35.6 Å². The summed E-state index contributed by atoms with van der Waals surface area (Å²) in [4.78, 5) is 7.44. The van der Waals surface area contributed by atoms with E-state index in [1.807, 2.05) is 10.3 Å². The zero-order chi connectivity index (χ0) is 22.3. The van der Waals surface area contributed by atoms with Crippen LogP contribution in [0.2, 0.25) is 0 Å². The van der Waals surface area contributed by atoms with E-state index in [4.69, 9.17) is 10.1 Å². The Bertz CT molecular complexity index is 1100. The van der Waals surface area contributed by atoms with Gasteiger partial charge in [0, 0.05) is 31.6 Å². The lowest BCUT2D eigenvalue weighted by molar-refractivity contribution is 0.0662. The van der Waals surface area contributed by atoms with Crippen molar-refractivity contribution in [3.05, 3.63) is 70.3 Å². The predicted molar refractivity (Wildman–Crippen MR) is 122 cm³/mol. The molecule has 0 saturated carbocycles. The topological polar surface area (TPSA) is 65.6 Å². The number of hydrogen-bond donors (Lipinski definition) is 2. The normalized spacial score (nSPS) is 14.6. The fraction of sp³-hybridized carbons (Fsp3) is 0.304. The van der Waals surface area contributed by atoms with Crippen LogP contribution in [0.15, 0.2) is 58.9 Å². The van der Waals surface area contributed by atoms with Gasteiger partial charge in [0.25, 0.3) is 0 Å². The molecule has 168 valence electrons. The highest BCUT2D eigenvalue weighted by molar-refractivity contribution is 7.07. The van der Waals surface area contributed by atoms with Gasteiger partial charge < -0.3 is 19.5 Å². The summed E-state index contributed by atoms with van der Waals surface area (Å²) in [5.74, 6) is -0.167. The van der Waals surface area contributed by atoms with Crippen molar-refractivity contribution in [2.75, 3.05) is 32.8 Å². The van der Waals surface area contributed by atoms with E-state index >= 15 is 0 Å². The average Bonchev–Trinajstić information content (AvgIpc) is 3.21. The molecule has 1 aliphatic rings. The number of rotatable bonds is 6. The molecule has 32 heavy (non-hydrogen) atoms. The van der Waals surface area contributed by atoms with Gasteiger partial charge in [0.2, 0.25) is 0 Å². The van der Waals surface area contributed by atoms with Crippen molar-refractivity contribution < 1.29 is 13.5 Å². The van der Waals surface area contributed by atoms with Crippen molar-refractivity contribution in [1.29, 1.82) is 5.41 Å². The Hall–Kier alpha value is -3.04. The molecule has 0 atom stereocenters. The number of thiazole rings is 1. The molecule has 0 bridgehead atoms. The van der Waals surface area contributed by atoms with Gasteiger partial charge in [-0.05, 0) is 60.5 Å². The zero-order valence-electron chi connectivity index (χ0n) is 17.6. The van der Waals surface area contributed by atoms with Crippen molar-refractivity contribution in [2.24, 2.45) is 4.99 Å². The monoisotopic (exact) mass is 457 g/mol. The molecule has 1 fully saturated rings. The van der Waals surface area contributed by atoms with E-state index in [9.17, 15) is 8.78 Å². The molecule has 0 aliphatic carbocycles. The number of ether oxygens (including phenoxy) is 1. The number of hydrogen-bond acceptors (Lipinski definition) is 4. The Morgan fingerprint density at radius 1 is 1.03 bits per heavy atom. The molecule has 6 nitrogen and oxygen atoms in total. The van der Waals surface area contributed by atoms with Crippen LogP contribution >= 0.6 is 11.3 Å². The van der Waals surface area contributed by atoms with Crippen molar-refractivity contribution in [3.63, 3.8) is 0 Å². The standard InChI is InChI=1S/C23H25F2N5OS/c24-18-4-2-17(3-5-18)21-16-32-23(28-20-8-6-19(25)7-9-20)30(21)11-1-10-27-22(26)29-12-14-31-15-13-29/h2-9,16H,1,10-15H2,(H2,26,27)/b28-23-. The minimum absolute atomic E-state index is 0.280. The Kier molecular flexibility index (Phi) is 7.28. The number of nitrogens with one attached hydrogen (secondary N) is 2. The summed E-state index contributed by atoms with van der Waals surface area (Å²) in [6.45, 7) is 4.03. The van der Waals surface area contributed by atoms with Crippen LogP contribution in [0.25, 0.3) is 11.3 Å². The van der Waals surface area contributed by atoms with E-state index in [1.165, 1.54) is 35.6 Å². The number of morpholine rings is 1. The first-order chi connectivity index (χ1) is 15.6. The van der Waals surface area contributed by atoms with Crippen LogP contribution < -0.4 is 10.1 Å². The lowest BCUT2D eigenvalue weighted by Crippen LogP contribution is -2.47. The fourth-order valence-electron chi connectivity index (χ4n) is 3.45. The smallest absolute Gasteiger partial charge is 0.191 e. The van der Waals surface area contributed by atoms with Gasteiger partial charge >= 0.3 is 0 Å². The van der Waals surface area contributed by atoms with E-state index < -0.39 is 0 Å². The van der Waals surface area contributed by atoms with Crippen LogP contribution in [0.3, 0.4) is 0 Å². The highest BCUT2D eigenvalue weighted by Crippen LogP contribution is 2.22. The van der Waals surface area contributed by atoms with Gasteiger partial charge in [0.15, 0.2) is 10.8 Å². The lowest BCUT2D eigenvalue weighted by Gasteiger charge is -2.29. The summed E-state index contributed by atoms with van der Waals surface area (Å²) in [5.41, 5.74) is 2.51. The minimum Gasteiger partial charge on any atom is -0.378 e. The van der Waals surface area contributed by atoms with Crippen molar-refractivity contribution in [1.82, 2.24) is 14.8 Å². The van der Waals surface area contributed by atoms with E-state index in [-0.39, 0.29) is 11.6 Å². The molecule has 0 amide bonds. The van der Waals surface area contributed by atoms with E-state index in [1.54, 1.807) is 24.3 Å². The molecule has 2 aromatic carbocycles. The third-order valence-corrected chi connectivity index (χ3v) is 6.03. The second-order valence-corrected chi connectivity index (χ2v) is 8.22. The highest BCUT2D eigenvalue weighted by atomic mass is 32.1. The summed E-state index contributed by atoms with van der Waals surface area (Å²) in [6.07, 6.45) is 0.772. The summed E-state index contributed by atoms with van der Waals surface area (Å²) in [7, 11) is 0. The number of guanidine groups is 1.